The fraction of sp³-hybridized carbons (Fsp3) is 0.421. The first-order valence-corrected chi connectivity index (χ1v) is 9.22. The number of ether oxygens (including phenoxy) is 2. The first-order valence-electron chi connectivity index (χ1n) is 8.07. The number of hydrogen-bond acceptors (Lipinski definition) is 4. The number of halogens is 1. The summed E-state index contributed by atoms with van der Waals surface area (Å²) in [5.41, 5.74) is 3.51. The van der Waals surface area contributed by atoms with E-state index >= 15 is 0 Å². The van der Waals surface area contributed by atoms with Gasteiger partial charge >= 0.3 is 0 Å². The molecule has 0 spiro atoms. The minimum Gasteiger partial charge on any atom is -0.496 e. The summed E-state index contributed by atoms with van der Waals surface area (Å²) in [6.45, 7) is 5.29. The number of aromatic nitrogens is 1. The van der Waals surface area contributed by atoms with Crippen LogP contribution in [0.5, 0.6) is 5.75 Å². The standard InChI is InChI=1S/C19H24FNO3S/c1-13-9-17(14(2)21(13)7-8-23-3)18(22)12-25-11-15-10-16(20)5-6-19(15)24-4/h5-6,9-10H,7-8,11-12H2,1-4H3. The van der Waals surface area contributed by atoms with E-state index < -0.39 is 0 Å². The second-order valence-corrected chi connectivity index (χ2v) is 6.79. The molecule has 1 aromatic carbocycles. The Kier molecular flexibility index (Phi) is 7.08. The van der Waals surface area contributed by atoms with Crippen LogP contribution in [-0.4, -0.2) is 36.9 Å². The van der Waals surface area contributed by atoms with E-state index in [-0.39, 0.29) is 11.6 Å². The lowest BCUT2D eigenvalue weighted by atomic mass is 10.2. The number of benzene rings is 1. The lowest BCUT2D eigenvalue weighted by Gasteiger charge is -2.09. The van der Waals surface area contributed by atoms with Crippen LogP contribution in [0.3, 0.4) is 0 Å². The van der Waals surface area contributed by atoms with Gasteiger partial charge in [-0.15, -0.1) is 11.8 Å². The number of hydrogen-bond donors (Lipinski definition) is 0. The lowest BCUT2D eigenvalue weighted by molar-refractivity contribution is 0.102. The molecule has 25 heavy (non-hydrogen) atoms. The van der Waals surface area contributed by atoms with Gasteiger partial charge in [-0.25, -0.2) is 4.39 Å². The first-order chi connectivity index (χ1) is 12.0. The van der Waals surface area contributed by atoms with E-state index in [9.17, 15) is 9.18 Å². The Hall–Kier alpha value is -1.79. The molecular weight excluding hydrogens is 341 g/mol. The first kappa shape index (κ1) is 19.5. The van der Waals surface area contributed by atoms with Crippen LogP contribution in [0.2, 0.25) is 0 Å². The Morgan fingerprint density at radius 2 is 2.00 bits per heavy atom. The smallest absolute Gasteiger partial charge is 0.174 e. The maximum absolute atomic E-state index is 13.4. The van der Waals surface area contributed by atoms with E-state index in [0.717, 1.165) is 29.1 Å². The van der Waals surface area contributed by atoms with Crippen molar-refractivity contribution in [1.29, 1.82) is 0 Å². The molecule has 2 rings (SSSR count). The van der Waals surface area contributed by atoms with Crippen molar-refractivity contribution in [3.05, 3.63) is 52.6 Å². The summed E-state index contributed by atoms with van der Waals surface area (Å²) in [5.74, 6) is 1.28. The van der Waals surface area contributed by atoms with Gasteiger partial charge in [-0.05, 0) is 38.1 Å². The van der Waals surface area contributed by atoms with Crippen molar-refractivity contribution in [2.24, 2.45) is 0 Å². The van der Waals surface area contributed by atoms with Crippen LogP contribution in [0.15, 0.2) is 24.3 Å². The number of methoxy groups -OCH3 is 2. The van der Waals surface area contributed by atoms with E-state index in [4.69, 9.17) is 9.47 Å². The highest BCUT2D eigenvalue weighted by molar-refractivity contribution is 7.99. The van der Waals surface area contributed by atoms with Crippen LogP contribution in [0, 0.1) is 19.7 Å². The average Bonchev–Trinajstić information content (AvgIpc) is 2.87. The third-order valence-electron chi connectivity index (χ3n) is 4.13. The van der Waals surface area contributed by atoms with E-state index in [1.807, 2.05) is 19.9 Å². The minimum absolute atomic E-state index is 0.0807. The van der Waals surface area contributed by atoms with Crippen LogP contribution in [0.25, 0.3) is 0 Å². The minimum atomic E-state index is -0.301. The predicted molar refractivity (Wildman–Crippen MR) is 99.2 cm³/mol. The van der Waals surface area contributed by atoms with Crippen LogP contribution >= 0.6 is 11.8 Å². The maximum atomic E-state index is 13.4. The van der Waals surface area contributed by atoms with Crippen molar-refractivity contribution in [3.8, 4) is 5.75 Å². The molecule has 0 saturated carbocycles. The van der Waals surface area contributed by atoms with Gasteiger partial charge < -0.3 is 14.0 Å². The van der Waals surface area contributed by atoms with Crippen molar-refractivity contribution < 1.29 is 18.7 Å². The molecule has 0 atom stereocenters. The number of aryl methyl sites for hydroxylation is 1. The molecule has 2 aromatic rings. The number of nitrogens with zero attached hydrogens (tertiary/aromatic N) is 1. The molecule has 0 N–H and O–H groups in total. The Balaban J connectivity index is 2.00. The summed E-state index contributed by atoms with van der Waals surface area (Å²) in [5, 5.41) is 0. The van der Waals surface area contributed by atoms with Gasteiger partial charge in [-0.1, -0.05) is 0 Å². The molecule has 0 aliphatic rings. The highest BCUT2D eigenvalue weighted by Crippen LogP contribution is 2.25. The third kappa shape index (κ3) is 4.86. The van der Waals surface area contributed by atoms with Gasteiger partial charge in [0.15, 0.2) is 5.78 Å². The highest BCUT2D eigenvalue weighted by Gasteiger charge is 2.16. The van der Waals surface area contributed by atoms with Gasteiger partial charge in [0, 0.05) is 41.9 Å². The van der Waals surface area contributed by atoms with E-state index in [0.29, 0.717) is 23.9 Å². The summed E-state index contributed by atoms with van der Waals surface area (Å²) in [6.07, 6.45) is 0. The van der Waals surface area contributed by atoms with Gasteiger partial charge in [-0.2, -0.15) is 0 Å². The van der Waals surface area contributed by atoms with E-state index in [2.05, 4.69) is 4.57 Å². The second kappa shape index (κ2) is 9.06. The molecule has 1 aromatic heterocycles. The van der Waals surface area contributed by atoms with E-state index in [1.54, 1.807) is 20.3 Å². The zero-order valence-corrected chi connectivity index (χ0v) is 15.9. The van der Waals surface area contributed by atoms with Crippen LogP contribution in [-0.2, 0) is 17.0 Å². The molecule has 4 nitrogen and oxygen atoms in total. The molecular formula is C19H24FNO3S. The quantitative estimate of drug-likeness (QED) is 0.630. The second-order valence-electron chi connectivity index (χ2n) is 5.80. The molecule has 0 fully saturated rings. The van der Waals surface area contributed by atoms with Gasteiger partial charge in [0.05, 0.1) is 19.5 Å². The molecule has 0 aliphatic carbocycles. The number of carbonyl (C=O) groups is 1. The molecule has 0 radical (unpaired) electrons. The lowest BCUT2D eigenvalue weighted by Crippen LogP contribution is -2.09. The third-order valence-corrected chi connectivity index (χ3v) is 5.11. The topological polar surface area (TPSA) is 40.5 Å². The summed E-state index contributed by atoms with van der Waals surface area (Å²) in [4.78, 5) is 12.5. The van der Waals surface area contributed by atoms with Crippen molar-refractivity contribution in [2.75, 3.05) is 26.6 Å². The normalized spacial score (nSPS) is 10.9. The molecule has 1 heterocycles. The molecule has 0 saturated heterocycles. The average molecular weight is 365 g/mol. The number of rotatable bonds is 9. The van der Waals surface area contributed by atoms with Crippen molar-refractivity contribution >= 4 is 17.5 Å². The zero-order chi connectivity index (χ0) is 18.4. The van der Waals surface area contributed by atoms with Crippen LogP contribution < -0.4 is 4.74 Å². The SMILES string of the molecule is COCCn1c(C)cc(C(=O)CSCc2cc(F)ccc2OC)c1C. The Labute approximate surface area is 152 Å². The van der Waals surface area contributed by atoms with Crippen LogP contribution in [0.4, 0.5) is 4.39 Å². The van der Waals surface area contributed by atoms with Gasteiger partial charge in [0.2, 0.25) is 0 Å². The fourth-order valence-electron chi connectivity index (χ4n) is 2.80. The van der Waals surface area contributed by atoms with Gasteiger partial charge in [0.25, 0.3) is 0 Å². The number of thioether (sulfide) groups is 1. The predicted octanol–water partition coefficient (Wildman–Crippen LogP) is 4.02. The number of ketones is 1. The number of carbonyl (C=O) groups excluding carboxylic acids is 1. The molecule has 0 amide bonds. The van der Waals surface area contributed by atoms with Gasteiger partial charge in [0.1, 0.15) is 11.6 Å². The highest BCUT2D eigenvalue weighted by atomic mass is 32.2. The van der Waals surface area contributed by atoms with Crippen LogP contribution in [0.1, 0.15) is 27.3 Å². The molecule has 6 heteroatoms. The summed E-state index contributed by atoms with van der Waals surface area (Å²) < 4.78 is 25.8. The molecule has 0 unspecified atom stereocenters. The number of Topliss-reactive ketones (excluding diaryl/α,β-unsaturated/α-hetero) is 1. The zero-order valence-electron chi connectivity index (χ0n) is 15.1. The largest absolute Gasteiger partial charge is 0.496 e. The van der Waals surface area contributed by atoms with Gasteiger partial charge in [-0.3, -0.25) is 4.79 Å². The summed E-state index contributed by atoms with van der Waals surface area (Å²) in [7, 11) is 3.22. The molecule has 0 bridgehead atoms. The Morgan fingerprint density at radius 3 is 2.68 bits per heavy atom. The Morgan fingerprint density at radius 1 is 1.24 bits per heavy atom. The maximum Gasteiger partial charge on any atom is 0.174 e. The monoisotopic (exact) mass is 365 g/mol. The van der Waals surface area contributed by atoms with Crippen molar-refractivity contribution in [3.63, 3.8) is 0 Å². The molecule has 0 aliphatic heterocycles. The Bertz CT molecular complexity index is 743. The summed E-state index contributed by atoms with van der Waals surface area (Å²) in [6, 6.07) is 6.35. The van der Waals surface area contributed by atoms with Crippen molar-refractivity contribution in [1.82, 2.24) is 4.57 Å². The van der Waals surface area contributed by atoms with E-state index in [1.165, 1.54) is 23.9 Å². The van der Waals surface area contributed by atoms with Crippen molar-refractivity contribution in [2.45, 2.75) is 26.1 Å². The fourth-order valence-corrected chi connectivity index (χ4v) is 3.69. The molecule has 136 valence electrons. The summed E-state index contributed by atoms with van der Waals surface area (Å²) >= 11 is 1.46.